The molecule has 1 atom stereocenters. The van der Waals surface area contributed by atoms with Gasteiger partial charge in [-0.25, -0.2) is 18.2 Å². The molecule has 14 heteroatoms. The van der Waals surface area contributed by atoms with Crippen LogP contribution in [0.4, 0.5) is 18.9 Å². The number of anilines is 1. The number of nitrogens with one attached hydrogen (secondary N) is 2. The number of benzene rings is 4. The van der Waals surface area contributed by atoms with Crippen LogP contribution in [0.3, 0.4) is 0 Å². The Kier molecular flexibility index (Phi) is 18.3. The van der Waals surface area contributed by atoms with E-state index in [9.17, 15) is 22.8 Å². The van der Waals surface area contributed by atoms with E-state index in [-0.39, 0.29) is 64.0 Å². The zero-order valence-electron chi connectivity index (χ0n) is 28.8. The summed E-state index contributed by atoms with van der Waals surface area (Å²) in [6.07, 6.45) is 5.21. The molecule has 6 aromatic rings. The van der Waals surface area contributed by atoms with Crippen molar-refractivity contribution in [2.24, 2.45) is 5.92 Å². The topological polar surface area (TPSA) is 94.2 Å². The van der Waals surface area contributed by atoms with Crippen molar-refractivity contribution in [3.8, 4) is 11.3 Å². The van der Waals surface area contributed by atoms with Gasteiger partial charge in [0.1, 0.15) is 17.5 Å². The standard InChI is InChI=1S/C31H29F2N5O2.C6H4BrF.C3H2BrNS.3CH4/c32-24-5-1-20(2-6-24)21-12-15-38(16-13-21)29(39)19-37-14-11-23(18-37)31(40)34-26-9-10-28-27(17-26)30(36-35-28)22-3-7-25(33)8-4-22;7-5-1-3-6(8)4-2-5;4-3-5-1-2-6-3;;;/h1-10,12,17,23H,11,13-16,18-19H2,(H,34,40)(H,35,36);1-4H;1-2H;3*1H4/t23-;;;;;/m1...../s1. The molecule has 8 nitrogen and oxygen atoms in total. The van der Waals surface area contributed by atoms with E-state index in [2.05, 4.69) is 52.4 Å². The SMILES string of the molecule is Brc1nccs1.C.C.C.Fc1ccc(Br)cc1.O=C(Nc1ccc2[nH]nc(-c3ccc(F)cc3)c2c1)[C@@H]1CCN(CC(=O)N2CC=C(c3ccc(F)cc3)CC2)C1. The van der Waals surface area contributed by atoms with Crippen molar-refractivity contribution in [2.45, 2.75) is 35.1 Å². The number of rotatable bonds is 6. The van der Waals surface area contributed by atoms with E-state index in [0.29, 0.717) is 44.0 Å². The highest BCUT2D eigenvalue weighted by molar-refractivity contribution is 9.11. The molecule has 0 saturated carbocycles. The van der Waals surface area contributed by atoms with Gasteiger partial charge in [0.05, 0.1) is 23.7 Å². The number of aromatic amines is 1. The third kappa shape index (κ3) is 13.2. The fraction of sp³-hybridized carbons (Fsp3) is 0.256. The number of carbonyl (C=O) groups excluding carboxylic acids is 2. The Morgan fingerprint density at radius 1 is 0.842 bits per heavy atom. The summed E-state index contributed by atoms with van der Waals surface area (Å²) in [6, 6.07) is 24.3. The average molecular weight is 929 g/mol. The van der Waals surface area contributed by atoms with Gasteiger partial charge in [0.15, 0.2) is 3.92 Å². The van der Waals surface area contributed by atoms with Gasteiger partial charge in [0, 0.05) is 52.3 Å². The van der Waals surface area contributed by atoms with Crippen molar-refractivity contribution in [1.82, 2.24) is 25.0 Å². The van der Waals surface area contributed by atoms with E-state index in [1.807, 2.05) is 39.5 Å². The fourth-order valence-electron chi connectivity index (χ4n) is 6.10. The van der Waals surface area contributed by atoms with Crippen molar-refractivity contribution in [1.29, 1.82) is 0 Å². The molecule has 0 aliphatic carbocycles. The fourth-order valence-corrected chi connectivity index (χ4v) is 7.16. The number of fused-ring (bicyclic) bond motifs is 1. The summed E-state index contributed by atoms with van der Waals surface area (Å²) in [5.74, 6) is -1.01. The molecule has 57 heavy (non-hydrogen) atoms. The van der Waals surface area contributed by atoms with Crippen LogP contribution in [0.15, 0.2) is 117 Å². The van der Waals surface area contributed by atoms with E-state index >= 15 is 0 Å². The van der Waals surface area contributed by atoms with Gasteiger partial charge in [-0.1, -0.05) is 56.4 Å². The van der Waals surface area contributed by atoms with Gasteiger partial charge in [0.25, 0.3) is 0 Å². The lowest BCUT2D eigenvalue weighted by molar-refractivity contribution is -0.132. The number of hydrogen-bond donors (Lipinski definition) is 2. The van der Waals surface area contributed by atoms with Gasteiger partial charge in [-0.2, -0.15) is 5.10 Å². The molecule has 1 fully saturated rings. The van der Waals surface area contributed by atoms with Crippen LogP contribution in [0.5, 0.6) is 0 Å². The maximum absolute atomic E-state index is 13.4. The van der Waals surface area contributed by atoms with Crippen LogP contribution in [0.2, 0.25) is 0 Å². The van der Waals surface area contributed by atoms with Gasteiger partial charge < -0.3 is 10.2 Å². The molecule has 4 heterocycles. The van der Waals surface area contributed by atoms with Crippen molar-refractivity contribution in [3.63, 3.8) is 0 Å². The molecular weight excluding hydrogens is 881 g/mol. The van der Waals surface area contributed by atoms with Gasteiger partial charge in [-0.3, -0.25) is 19.6 Å². The van der Waals surface area contributed by atoms with E-state index < -0.39 is 0 Å². The second-order valence-corrected chi connectivity index (χ2v) is 15.7. The molecule has 0 radical (unpaired) electrons. The van der Waals surface area contributed by atoms with E-state index in [4.69, 9.17) is 0 Å². The number of thiazole rings is 1. The third-order valence-corrected chi connectivity index (χ3v) is 10.8. The Morgan fingerprint density at radius 3 is 2.02 bits per heavy atom. The largest absolute Gasteiger partial charge is 0.338 e. The minimum atomic E-state index is -0.312. The maximum atomic E-state index is 13.4. The second kappa shape index (κ2) is 22.3. The van der Waals surface area contributed by atoms with Gasteiger partial charge in [-0.15, -0.1) is 11.3 Å². The number of hydrogen-bond acceptors (Lipinski definition) is 6. The first-order chi connectivity index (χ1) is 26.1. The lowest BCUT2D eigenvalue weighted by atomic mass is 9.99. The zero-order chi connectivity index (χ0) is 38.0. The molecule has 2 aromatic heterocycles. The van der Waals surface area contributed by atoms with E-state index in [0.717, 1.165) is 42.4 Å². The highest BCUT2D eigenvalue weighted by Crippen LogP contribution is 2.29. The van der Waals surface area contributed by atoms with Crippen LogP contribution in [0, 0.1) is 23.4 Å². The average Bonchev–Trinajstić information content (AvgIpc) is 3.96. The smallest absolute Gasteiger partial charge is 0.237 e. The monoisotopic (exact) mass is 926 g/mol. The maximum Gasteiger partial charge on any atom is 0.237 e. The first-order valence-electron chi connectivity index (χ1n) is 17.1. The van der Waals surface area contributed by atoms with Gasteiger partial charge in [0.2, 0.25) is 11.8 Å². The molecule has 8 rings (SSSR count). The predicted molar refractivity (Wildman–Crippen MR) is 234 cm³/mol. The minimum absolute atomic E-state index is 0. The number of amides is 2. The third-order valence-electron chi connectivity index (χ3n) is 8.93. The van der Waals surface area contributed by atoms with Crippen LogP contribution >= 0.6 is 43.2 Å². The van der Waals surface area contributed by atoms with Crippen LogP contribution in [0.1, 0.15) is 40.7 Å². The summed E-state index contributed by atoms with van der Waals surface area (Å²) in [4.78, 5) is 33.8. The molecule has 2 aliphatic heterocycles. The Bertz CT molecular complexity index is 2180. The van der Waals surface area contributed by atoms with Crippen molar-refractivity contribution in [3.05, 3.63) is 140 Å². The van der Waals surface area contributed by atoms with Crippen molar-refractivity contribution < 1.29 is 22.8 Å². The molecule has 2 amide bonds. The van der Waals surface area contributed by atoms with E-state index in [1.165, 1.54) is 36.4 Å². The lowest BCUT2D eigenvalue weighted by Crippen LogP contribution is -2.41. The summed E-state index contributed by atoms with van der Waals surface area (Å²) >= 11 is 7.95. The van der Waals surface area contributed by atoms with Gasteiger partial charge >= 0.3 is 0 Å². The number of carbonyl (C=O) groups is 2. The molecule has 2 N–H and O–H groups in total. The Balaban J connectivity index is 0.000000432. The number of halogens is 5. The molecule has 4 aromatic carbocycles. The Hall–Kier alpha value is -4.63. The van der Waals surface area contributed by atoms with Crippen LogP contribution in [-0.2, 0) is 9.59 Å². The first kappa shape index (κ1) is 46.8. The van der Waals surface area contributed by atoms with E-state index in [1.54, 1.807) is 53.9 Å². The summed E-state index contributed by atoms with van der Waals surface area (Å²) in [5, 5.41) is 13.1. The summed E-state index contributed by atoms with van der Waals surface area (Å²) in [6.45, 7) is 2.64. The van der Waals surface area contributed by atoms with Crippen LogP contribution in [0.25, 0.3) is 27.7 Å². The molecule has 302 valence electrons. The normalized spacial score (nSPS) is 14.6. The van der Waals surface area contributed by atoms with Crippen molar-refractivity contribution in [2.75, 3.05) is 38.0 Å². The highest BCUT2D eigenvalue weighted by atomic mass is 79.9. The van der Waals surface area contributed by atoms with Crippen LogP contribution in [-0.4, -0.2) is 69.5 Å². The Morgan fingerprint density at radius 2 is 1.47 bits per heavy atom. The molecule has 0 bridgehead atoms. The Labute approximate surface area is 353 Å². The number of nitrogens with zero attached hydrogens (tertiary/aromatic N) is 4. The number of aromatic nitrogens is 3. The number of likely N-dealkylation sites (tertiary alicyclic amines) is 1. The minimum Gasteiger partial charge on any atom is -0.338 e. The zero-order valence-corrected chi connectivity index (χ0v) is 32.8. The molecule has 0 spiro atoms. The summed E-state index contributed by atoms with van der Waals surface area (Å²) in [7, 11) is 0. The molecule has 2 aliphatic rings. The molecule has 0 unspecified atom stereocenters. The summed E-state index contributed by atoms with van der Waals surface area (Å²) < 4.78 is 40.5. The quantitative estimate of drug-likeness (QED) is 0.174. The van der Waals surface area contributed by atoms with Crippen LogP contribution < -0.4 is 5.32 Å². The van der Waals surface area contributed by atoms with Crippen molar-refractivity contribution >= 4 is 77.2 Å². The molecular formula is C43H47Br2F3N6O2S. The summed E-state index contributed by atoms with van der Waals surface area (Å²) in [5.41, 5.74) is 5.06. The molecule has 1 saturated heterocycles. The number of H-pyrrole nitrogens is 1. The van der Waals surface area contributed by atoms with Gasteiger partial charge in [-0.05, 0) is 125 Å². The predicted octanol–water partition coefficient (Wildman–Crippen LogP) is 11.5. The second-order valence-electron chi connectivity index (χ2n) is 12.6. The first-order valence-corrected chi connectivity index (χ1v) is 19.5. The highest BCUT2D eigenvalue weighted by Gasteiger charge is 2.31. The lowest BCUT2D eigenvalue weighted by Gasteiger charge is -2.28.